The number of nitrogens with one attached hydrogen (secondary N) is 1. The van der Waals surface area contributed by atoms with Gasteiger partial charge in [0.15, 0.2) is 5.13 Å². The van der Waals surface area contributed by atoms with E-state index in [0.717, 1.165) is 31.2 Å². The number of rotatable bonds is 5. The van der Waals surface area contributed by atoms with Gasteiger partial charge in [0, 0.05) is 18.5 Å². The third kappa shape index (κ3) is 4.13. The van der Waals surface area contributed by atoms with Crippen molar-refractivity contribution in [1.29, 1.82) is 0 Å². The number of likely N-dealkylation sites (tertiary alicyclic amines) is 1. The zero-order chi connectivity index (χ0) is 16.9. The lowest BCUT2D eigenvalue weighted by molar-refractivity contribution is 0.102. The van der Waals surface area contributed by atoms with Crippen LogP contribution in [-0.2, 0) is 6.54 Å². The highest BCUT2D eigenvalue weighted by Crippen LogP contribution is 2.23. The van der Waals surface area contributed by atoms with E-state index in [0.29, 0.717) is 16.4 Å². The molecule has 24 heavy (non-hydrogen) atoms. The summed E-state index contributed by atoms with van der Waals surface area (Å²) in [4.78, 5) is 19.4. The van der Waals surface area contributed by atoms with Crippen LogP contribution in [0.4, 0.5) is 5.13 Å². The number of hydrogen-bond acceptors (Lipinski definition) is 5. The first-order valence-electron chi connectivity index (χ1n) is 8.27. The number of thiazole rings is 1. The van der Waals surface area contributed by atoms with Crippen molar-refractivity contribution in [3.8, 4) is 5.75 Å². The van der Waals surface area contributed by atoms with Crippen LogP contribution in [0.3, 0.4) is 0 Å². The van der Waals surface area contributed by atoms with Crippen molar-refractivity contribution in [3.05, 3.63) is 40.9 Å². The van der Waals surface area contributed by atoms with Crippen molar-refractivity contribution in [2.45, 2.75) is 26.3 Å². The highest BCUT2D eigenvalue weighted by atomic mass is 32.1. The van der Waals surface area contributed by atoms with E-state index in [-0.39, 0.29) is 5.91 Å². The van der Waals surface area contributed by atoms with E-state index in [4.69, 9.17) is 4.74 Å². The Morgan fingerprint density at radius 2 is 2.29 bits per heavy atom. The first-order chi connectivity index (χ1) is 11.7. The van der Waals surface area contributed by atoms with Gasteiger partial charge in [0.05, 0.1) is 18.4 Å². The van der Waals surface area contributed by atoms with Crippen molar-refractivity contribution in [2.24, 2.45) is 5.92 Å². The first kappa shape index (κ1) is 16.9. The van der Waals surface area contributed by atoms with Crippen LogP contribution in [0.1, 0.15) is 35.8 Å². The molecule has 2 aromatic rings. The number of nitrogens with zero attached hydrogens (tertiary/aromatic N) is 2. The molecule has 0 radical (unpaired) electrons. The van der Waals surface area contributed by atoms with Crippen LogP contribution in [-0.4, -0.2) is 36.0 Å². The highest BCUT2D eigenvalue weighted by molar-refractivity contribution is 7.14. The Hall–Kier alpha value is -1.92. The number of benzene rings is 1. The number of para-hydroxylation sites is 1. The zero-order valence-corrected chi connectivity index (χ0v) is 14.9. The fourth-order valence-corrected chi connectivity index (χ4v) is 3.79. The van der Waals surface area contributed by atoms with Crippen molar-refractivity contribution in [1.82, 2.24) is 9.88 Å². The van der Waals surface area contributed by atoms with Crippen LogP contribution in [0.15, 0.2) is 29.6 Å². The Morgan fingerprint density at radius 3 is 3.08 bits per heavy atom. The monoisotopic (exact) mass is 345 g/mol. The molecule has 1 fully saturated rings. The van der Waals surface area contributed by atoms with Gasteiger partial charge in [-0.15, -0.1) is 11.3 Å². The molecule has 2 heterocycles. The molecule has 1 aliphatic rings. The topological polar surface area (TPSA) is 54.5 Å². The van der Waals surface area contributed by atoms with Gasteiger partial charge < -0.3 is 4.74 Å². The Morgan fingerprint density at radius 1 is 1.46 bits per heavy atom. The van der Waals surface area contributed by atoms with E-state index in [1.165, 1.54) is 24.2 Å². The van der Waals surface area contributed by atoms with Crippen LogP contribution in [0.25, 0.3) is 0 Å². The molecular formula is C18H23N3O2S. The molecule has 0 saturated carbocycles. The Labute approximate surface area is 146 Å². The van der Waals surface area contributed by atoms with Gasteiger partial charge in [-0.2, -0.15) is 0 Å². The number of carbonyl (C=O) groups is 1. The Bertz CT molecular complexity index is 701. The van der Waals surface area contributed by atoms with E-state index in [1.807, 2.05) is 17.5 Å². The van der Waals surface area contributed by atoms with Gasteiger partial charge >= 0.3 is 0 Å². The molecule has 1 saturated heterocycles. The van der Waals surface area contributed by atoms with Crippen molar-refractivity contribution < 1.29 is 9.53 Å². The van der Waals surface area contributed by atoms with Gasteiger partial charge in [-0.1, -0.05) is 19.1 Å². The summed E-state index contributed by atoms with van der Waals surface area (Å²) in [5, 5.41) is 5.52. The number of piperidine rings is 1. The number of ether oxygens (including phenoxy) is 1. The first-order valence-corrected chi connectivity index (χ1v) is 9.15. The van der Waals surface area contributed by atoms with E-state index >= 15 is 0 Å². The average Bonchev–Trinajstić information content (AvgIpc) is 3.01. The van der Waals surface area contributed by atoms with Gasteiger partial charge in [-0.3, -0.25) is 15.0 Å². The lowest BCUT2D eigenvalue weighted by atomic mass is 10.0. The van der Waals surface area contributed by atoms with Crippen molar-refractivity contribution in [2.75, 3.05) is 25.5 Å². The summed E-state index contributed by atoms with van der Waals surface area (Å²) in [7, 11) is 1.56. The fourth-order valence-electron chi connectivity index (χ4n) is 3.09. The second kappa shape index (κ2) is 7.77. The Balaban J connectivity index is 1.62. The molecule has 1 aromatic carbocycles. The normalized spacial score (nSPS) is 18.3. The van der Waals surface area contributed by atoms with Gasteiger partial charge in [0.1, 0.15) is 5.75 Å². The molecule has 5 nitrogen and oxygen atoms in total. The second-order valence-corrected chi connectivity index (χ2v) is 7.14. The minimum absolute atomic E-state index is 0.194. The SMILES string of the molecule is COc1ccccc1C(=O)Nc1nc(CN2CCC[C@@H](C)C2)cs1. The van der Waals surface area contributed by atoms with Crippen LogP contribution < -0.4 is 10.1 Å². The fraction of sp³-hybridized carbons (Fsp3) is 0.444. The van der Waals surface area contributed by atoms with Gasteiger partial charge in [-0.05, 0) is 37.4 Å². The Kier molecular flexibility index (Phi) is 5.48. The predicted molar refractivity (Wildman–Crippen MR) is 96.7 cm³/mol. The molecule has 1 aliphatic heterocycles. The minimum atomic E-state index is -0.194. The van der Waals surface area contributed by atoms with Crippen molar-refractivity contribution in [3.63, 3.8) is 0 Å². The zero-order valence-electron chi connectivity index (χ0n) is 14.1. The second-order valence-electron chi connectivity index (χ2n) is 6.28. The maximum atomic E-state index is 12.4. The van der Waals surface area contributed by atoms with Gasteiger partial charge in [0.25, 0.3) is 5.91 Å². The summed E-state index contributed by atoms with van der Waals surface area (Å²) in [5.74, 6) is 1.12. The molecule has 128 valence electrons. The number of carbonyl (C=O) groups excluding carboxylic acids is 1. The lowest BCUT2D eigenvalue weighted by Crippen LogP contribution is -2.33. The molecule has 0 aliphatic carbocycles. The largest absolute Gasteiger partial charge is 0.496 e. The molecular weight excluding hydrogens is 322 g/mol. The molecule has 1 amide bonds. The lowest BCUT2D eigenvalue weighted by Gasteiger charge is -2.30. The smallest absolute Gasteiger partial charge is 0.261 e. The maximum Gasteiger partial charge on any atom is 0.261 e. The van der Waals surface area contributed by atoms with Gasteiger partial charge in [0.2, 0.25) is 0 Å². The average molecular weight is 345 g/mol. The van der Waals surface area contributed by atoms with Crippen LogP contribution >= 0.6 is 11.3 Å². The summed E-state index contributed by atoms with van der Waals surface area (Å²) >= 11 is 1.46. The van der Waals surface area contributed by atoms with Crippen LogP contribution in [0, 0.1) is 5.92 Å². The maximum absolute atomic E-state index is 12.4. The van der Waals surface area contributed by atoms with E-state index in [2.05, 4.69) is 22.1 Å². The molecule has 1 atom stereocenters. The molecule has 6 heteroatoms. The van der Waals surface area contributed by atoms with E-state index in [9.17, 15) is 4.79 Å². The molecule has 0 bridgehead atoms. The molecule has 1 N–H and O–H groups in total. The number of hydrogen-bond donors (Lipinski definition) is 1. The third-order valence-electron chi connectivity index (χ3n) is 4.25. The summed E-state index contributed by atoms with van der Waals surface area (Å²) in [5.41, 5.74) is 1.53. The highest BCUT2D eigenvalue weighted by Gasteiger charge is 2.18. The minimum Gasteiger partial charge on any atom is -0.496 e. The summed E-state index contributed by atoms with van der Waals surface area (Å²) in [6, 6.07) is 7.19. The summed E-state index contributed by atoms with van der Waals surface area (Å²) in [6.45, 7) is 5.41. The summed E-state index contributed by atoms with van der Waals surface area (Å²) in [6.07, 6.45) is 2.57. The molecule has 1 aromatic heterocycles. The van der Waals surface area contributed by atoms with E-state index < -0.39 is 0 Å². The predicted octanol–water partition coefficient (Wildman–Crippen LogP) is 3.64. The van der Waals surface area contributed by atoms with Crippen LogP contribution in [0.2, 0.25) is 0 Å². The van der Waals surface area contributed by atoms with E-state index in [1.54, 1.807) is 19.2 Å². The standard InChI is InChI=1S/C18H23N3O2S/c1-13-6-5-9-21(10-13)11-14-12-24-18(19-14)20-17(22)15-7-3-4-8-16(15)23-2/h3-4,7-8,12-13H,5-6,9-11H2,1-2H3,(H,19,20,22)/t13-/m1/s1. The third-order valence-corrected chi connectivity index (χ3v) is 5.06. The molecule has 0 unspecified atom stereocenters. The quantitative estimate of drug-likeness (QED) is 0.899. The number of amides is 1. The van der Waals surface area contributed by atoms with Gasteiger partial charge in [-0.25, -0.2) is 4.98 Å². The molecule has 3 rings (SSSR count). The summed E-state index contributed by atoms with van der Waals surface area (Å²) < 4.78 is 5.24. The molecule has 0 spiro atoms. The van der Waals surface area contributed by atoms with Crippen LogP contribution in [0.5, 0.6) is 5.75 Å². The number of anilines is 1. The number of methoxy groups -OCH3 is 1. The van der Waals surface area contributed by atoms with Crippen molar-refractivity contribution >= 4 is 22.4 Å². The number of aromatic nitrogens is 1.